The Labute approximate surface area is 149 Å². The molecule has 0 atom stereocenters. The Bertz CT molecular complexity index is 1030. The van der Waals surface area contributed by atoms with Gasteiger partial charge in [0, 0.05) is 23.6 Å². The Kier molecular flexibility index (Phi) is 3.82. The molecule has 3 aromatic rings. The molecule has 0 aliphatic carbocycles. The molecule has 4 rings (SSSR count). The highest BCUT2D eigenvalue weighted by molar-refractivity contribution is 5.87. The molecule has 2 aromatic carbocycles. The van der Waals surface area contributed by atoms with E-state index in [2.05, 4.69) is 6.07 Å². The van der Waals surface area contributed by atoms with E-state index in [1.807, 2.05) is 24.4 Å². The maximum Gasteiger partial charge on any atom is 0.335 e. The molecule has 0 saturated heterocycles. The second kappa shape index (κ2) is 6.30. The molecular weight excluding hydrogens is 332 g/mol. The lowest BCUT2D eigenvalue weighted by molar-refractivity contribution is 0.0697. The average Bonchev–Trinajstić information content (AvgIpc) is 3.12. The Balaban J connectivity index is 1.74. The van der Waals surface area contributed by atoms with E-state index in [0.29, 0.717) is 30.3 Å². The third-order valence-corrected chi connectivity index (χ3v) is 4.21. The quantitative estimate of drug-likeness (QED) is 0.785. The lowest BCUT2D eigenvalue weighted by atomic mass is 10.0. The predicted molar refractivity (Wildman–Crippen MR) is 93.9 cm³/mol. The minimum Gasteiger partial charge on any atom is -0.486 e. The van der Waals surface area contributed by atoms with E-state index in [4.69, 9.17) is 14.6 Å². The monoisotopic (exact) mass is 346 g/mol. The van der Waals surface area contributed by atoms with E-state index >= 15 is 0 Å². The number of hydrogen-bond acceptors (Lipinski definition) is 4. The second-order valence-corrected chi connectivity index (χ2v) is 5.82. The molecule has 0 radical (unpaired) electrons. The summed E-state index contributed by atoms with van der Waals surface area (Å²) in [7, 11) is 0. The van der Waals surface area contributed by atoms with Crippen molar-refractivity contribution in [3.8, 4) is 34.4 Å². The number of carboxylic acids is 1. The van der Waals surface area contributed by atoms with Crippen LogP contribution in [0.3, 0.4) is 0 Å². The summed E-state index contributed by atoms with van der Waals surface area (Å²) in [4.78, 5) is 11.0. The summed E-state index contributed by atoms with van der Waals surface area (Å²) in [6.07, 6.45) is 3.57. The fraction of sp³-hybridized carbons (Fsp3) is 0.100. The van der Waals surface area contributed by atoms with Crippen LogP contribution >= 0.6 is 0 Å². The number of nitrogens with zero attached hydrogens (tertiary/aromatic N) is 2. The number of nitriles is 1. The first-order chi connectivity index (χ1) is 12.7. The van der Waals surface area contributed by atoms with Crippen molar-refractivity contribution in [3.05, 3.63) is 66.0 Å². The highest BCUT2D eigenvalue weighted by Gasteiger charge is 2.16. The van der Waals surface area contributed by atoms with Crippen LogP contribution in [0.1, 0.15) is 15.9 Å². The van der Waals surface area contributed by atoms with Gasteiger partial charge in [0.2, 0.25) is 0 Å². The third kappa shape index (κ3) is 2.76. The van der Waals surface area contributed by atoms with E-state index in [0.717, 1.165) is 16.8 Å². The van der Waals surface area contributed by atoms with Crippen LogP contribution in [0.5, 0.6) is 11.5 Å². The van der Waals surface area contributed by atoms with E-state index < -0.39 is 5.97 Å². The molecule has 0 spiro atoms. The van der Waals surface area contributed by atoms with Crippen LogP contribution in [-0.4, -0.2) is 28.9 Å². The number of benzene rings is 2. The van der Waals surface area contributed by atoms with E-state index in [-0.39, 0.29) is 5.56 Å². The van der Waals surface area contributed by atoms with Crippen LogP contribution < -0.4 is 9.47 Å². The fourth-order valence-electron chi connectivity index (χ4n) is 2.91. The van der Waals surface area contributed by atoms with Crippen LogP contribution in [0, 0.1) is 11.3 Å². The van der Waals surface area contributed by atoms with Crippen LogP contribution in [0.15, 0.2) is 54.9 Å². The molecule has 1 aliphatic heterocycles. The summed E-state index contributed by atoms with van der Waals surface area (Å²) >= 11 is 0. The minimum atomic E-state index is -0.973. The number of rotatable bonds is 3. The molecule has 0 fully saturated rings. The Morgan fingerprint density at radius 2 is 1.77 bits per heavy atom. The number of carboxylic acid groups (broad SMARTS) is 1. The van der Waals surface area contributed by atoms with Gasteiger partial charge < -0.3 is 19.1 Å². The van der Waals surface area contributed by atoms with E-state index in [1.54, 1.807) is 22.9 Å². The zero-order valence-electron chi connectivity index (χ0n) is 13.7. The third-order valence-electron chi connectivity index (χ3n) is 4.21. The lowest BCUT2D eigenvalue weighted by Gasteiger charge is -2.18. The molecule has 0 bridgehead atoms. The minimum absolute atomic E-state index is 0.216. The maximum absolute atomic E-state index is 11.0. The first-order valence-electron chi connectivity index (χ1n) is 8.01. The van der Waals surface area contributed by atoms with Crippen LogP contribution in [0.25, 0.3) is 16.8 Å². The summed E-state index contributed by atoms with van der Waals surface area (Å²) in [5.41, 5.74) is 3.13. The van der Waals surface area contributed by atoms with Gasteiger partial charge in [-0.05, 0) is 42.0 Å². The summed E-state index contributed by atoms with van der Waals surface area (Å²) in [6.45, 7) is 1.02. The van der Waals surface area contributed by atoms with Crippen LogP contribution in [-0.2, 0) is 0 Å². The predicted octanol–water partition coefficient (Wildman–Crippen LogP) is 3.49. The van der Waals surface area contributed by atoms with Crippen molar-refractivity contribution < 1.29 is 19.4 Å². The molecule has 0 amide bonds. The highest BCUT2D eigenvalue weighted by Crippen LogP contribution is 2.36. The van der Waals surface area contributed by atoms with Gasteiger partial charge in [-0.1, -0.05) is 6.07 Å². The largest absolute Gasteiger partial charge is 0.486 e. The number of aromatic carboxylic acids is 1. The Hall–Kier alpha value is -3.72. The van der Waals surface area contributed by atoms with Gasteiger partial charge in [-0.3, -0.25) is 0 Å². The molecule has 6 heteroatoms. The first-order valence-corrected chi connectivity index (χ1v) is 8.01. The number of aromatic nitrogens is 1. The van der Waals surface area contributed by atoms with Gasteiger partial charge in [0.25, 0.3) is 0 Å². The molecule has 0 saturated carbocycles. The fourth-order valence-corrected chi connectivity index (χ4v) is 2.91. The summed E-state index contributed by atoms with van der Waals surface area (Å²) in [5, 5.41) is 18.5. The molecule has 1 aliphatic rings. The van der Waals surface area contributed by atoms with Gasteiger partial charge in [-0.15, -0.1) is 0 Å². The normalized spacial score (nSPS) is 12.4. The van der Waals surface area contributed by atoms with Crippen molar-refractivity contribution in [2.24, 2.45) is 0 Å². The first kappa shape index (κ1) is 15.8. The standard InChI is InChI=1S/C20H14N2O4/c21-10-15-11-22(16-4-1-13(2-5-16)20(23)24)12-17(15)14-3-6-18-19(9-14)26-8-7-25-18/h1-6,9,11-12H,7-8H2,(H,23,24). The van der Waals surface area contributed by atoms with Gasteiger partial charge in [-0.25, -0.2) is 4.79 Å². The van der Waals surface area contributed by atoms with Gasteiger partial charge in [-0.2, -0.15) is 5.26 Å². The summed E-state index contributed by atoms with van der Waals surface area (Å²) in [5.74, 6) is 0.386. The highest BCUT2D eigenvalue weighted by atomic mass is 16.6. The molecule has 0 unspecified atom stereocenters. The van der Waals surface area contributed by atoms with Crippen molar-refractivity contribution in [1.82, 2.24) is 4.57 Å². The maximum atomic E-state index is 11.0. The second-order valence-electron chi connectivity index (χ2n) is 5.82. The Morgan fingerprint density at radius 1 is 1.04 bits per heavy atom. The molecule has 26 heavy (non-hydrogen) atoms. The van der Waals surface area contributed by atoms with Gasteiger partial charge in [0.1, 0.15) is 19.3 Å². The van der Waals surface area contributed by atoms with E-state index in [1.165, 1.54) is 12.1 Å². The molecule has 1 aromatic heterocycles. The molecule has 6 nitrogen and oxygen atoms in total. The van der Waals surface area contributed by atoms with Gasteiger partial charge in [0.15, 0.2) is 11.5 Å². The topological polar surface area (TPSA) is 84.5 Å². The van der Waals surface area contributed by atoms with Crippen LogP contribution in [0.4, 0.5) is 0 Å². The zero-order valence-corrected chi connectivity index (χ0v) is 13.7. The number of hydrogen-bond donors (Lipinski definition) is 1. The Morgan fingerprint density at radius 3 is 2.46 bits per heavy atom. The van der Waals surface area contributed by atoms with Crippen molar-refractivity contribution in [1.29, 1.82) is 5.26 Å². The smallest absolute Gasteiger partial charge is 0.335 e. The van der Waals surface area contributed by atoms with Crippen molar-refractivity contribution in [3.63, 3.8) is 0 Å². The number of fused-ring (bicyclic) bond motifs is 1. The van der Waals surface area contributed by atoms with Crippen molar-refractivity contribution in [2.45, 2.75) is 0 Å². The summed E-state index contributed by atoms with van der Waals surface area (Å²) in [6, 6.07) is 14.3. The van der Waals surface area contributed by atoms with Gasteiger partial charge in [0.05, 0.1) is 11.1 Å². The van der Waals surface area contributed by atoms with Crippen molar-refractivity contribution >= 4 is 5.97 Å². The summed E-state index contributed by atoms with van der Waals surface area (Å²) < 4.78 is 13.0. The van der Waals surface area contributed by atoms with Crippen LogP contribution in [0.2, 0.25) is 0 Å². The molecule has 1 N–H and O–H groups in total. The SMILES string of the molecule is N#Cc1cn(-c2ccc(C(=O)O)cc2)cc1-c1ccc2c(c1)OCCO2. The van der Waals surface area contributed by atoms with Gasteiger partial charge >= 0.3 is 5.97 Å². The number of ether oxygens (including phenoxy) is 2. The zero-order chi connectivity index (χ0) is 18.1. The molecule has 128 valence electrons. The van der Waals surface area contributed by atoms with E-state index in [9.17, 15) is 10.1 Å². The average molecular weight is 346 g/mol. The molecular formula is C20H14N2O4. The lowest BCUT2D eigenvalue weighted by Crippen LogP contribution is -2.15. The molecule has 2 heterocycles. The number of carbonyl (C=O) groups is 1. The van der Waals surface area contributed by atoms with Crippen molar-refractivity contribution in [2.75, 3.05) is 13.2 Å².